The summed E-state index contributed by atoms with van der Waals surface area (Å²) in [6, 6.07) is 5.81. The third-order valence-corrected chi connectivity index (χ3v) is 3.84. The van der Waals surface area contributed by atoms with E-state index in [1.54, 1.807) is 6.07 Å². The maximum Gasteiger partial charge on any atom is 0.341 e. The van der Waals surface area contributed by atoms with Crippen molar-refractivity contribution in [3.8, 4) is 0 Å². The standard InChI is InChI=1S/C13H10INO3/c14-7-1-4-9-11(5-7)15(8-2-3-8)6-10(12(9)16)13(17)18/h1,4-6,8H,2-3H2,(H,17,18). The van der Waals surface area contributed by atoms with E-state index in [2.05, 4.69) is 22.6 Å². The van der Waals surface area contributed by atoms with Crippen molar-refractivity contribution in [3.63, 3.8) is 0 Å². The van der Waals surface area contributed by atoms with Gasteiger partial charge in [0.15, 0.2) is 0 Å². The Bertz CT molecular complexity index is 716. The van der Waals surface area contributed by atoms with Gasteiger partial charge in [0, 0.05) is 21.2 Å². The number of halogens is 1. The van der Waals surface area contributed by atoms with Gasteiger partial charge in [-0.05, 0) is 53.6 Å². The lowest BCUT2D eigenvalue weighted by Gasteiger charge is -2.11. The predicted octanol–water partition coefficient (Wildman–Crippen LogP) is 2.64. The summed E-state index contributed by atoms with van der Waals surface area (Å²) in [5, 5.41) is 9.58. The summed E-state index contributed by atoms with van der Waals surface area (Å²) in [7, 11) is 0. The summed E-state index contributed by atoms with van der Waals surface area (Å²) >= 11 is 2.19. The molecular formula is C13H10INO3. The van der Waals surface area contributed by atoms with Gasteiger partial charge in [-0.15, -0.1) is 0 Å². The van der Waals surface area contributed by atoms with E-state index in [9.17, 15) is 9.59 Å². The smallest absolute Gasteiger partial charge is 0.341 e. The van der Waals surface area contributed by atoms with Crippen molar-refractivity contribution in [2.45, 2.75) is 18.9 Å². The van der Waals surface area contributed by atoms with Crippen molar-refractivity contribution in [3.05, 3.63) is 43.8 Å². The van der Waals surface area contributed by atoms with E-state index in [0.717, 1.165) is 21.9 Å². The molecule has 0 amide bonds. The third-order valence-electron chi connectivity index (χ3n) is 3.17. The highest BCUT2D eigenvalue weighted by atomic mass is 127. The predicted molar refractivity (Wildman–Crippen MR) is 76.2 cm³/mol. The van der Waals surface area contributed by atoms with E-state index in [0.29, 0.717) is 11.4 Å². The molecule has 1 fully saturated rings. The second kappa shape index (κ2) is 4.08. The van der Waals surface area contributed by atoms with Crippen molar-refractivity contribution in [1.29, 1.82) is 0 Å². The molecule has 0 atom stereocenters. The minimum absolute atomic E-state index is 0.143. The van der Waals surface area contributed by atoms with Crippen LogP contribution in [0.3, 0.4) is 0 Å². The average molecular weight is 355 g/mol. The first-order valence-electron chi connectivity index (χ1n) is 5.65. The highest BCUT2D eigenvalue weighted by Crippen LogP contribution is 2.37. The van der Waals surface area contributed by atoms with Crippen LogP contribution < -0.4 is 5.43 Å². The molecule has 0 saturated heterocycles. The molecule has 4 nitrogen and oxygen atoms in total. The van der Waals surface area contributed by atoms with Gasteiger partial charge in [0.25, 0.3) is 0 Å². The number of pyridine rings is 1. The van der Waals surface area contributed by atoms with Gasteiger partial charge in [-0.25, -0.2) is 4.79 Å². The Balaban J connectivity index is 2.43. The topological polar surface area (TPSA) is 59.3 Å². The number of carbonyl (C=O) groups is 1. The molecule has 5 heteroatoms. The Hall–Kier alpha value is -1.37. The lowest BCUT2D eigenvalue weighted by atomic mass is 10.1. The summed E-state index contributed by atoms with van der Waals surface area (Å²) in [4.78, 5) is 23.2. The number of hydrogen-bond acceptors (Lipinski definition) is 2. The van der Waals surface area contributed by atoms with Crippen LogP contribution in [0.5, 0.6) is 0 Å². The molecule has 18 heavy (non-hydrogen) atoms. The third kappa shape index (κ3) is 1.82. The molecule has 0 spiro atoms. The highest BCUT2D eigenvalue weighted by molar-refractivity contribution is 14.1. The Morgan fingerprint density at radius 2 is 2.11 bits per heavy atom. The number of fused-ring (bicyclic) bond motifs is 1. The molecule has 0 aliphatic heterocycles. The molecule has 1 saturated carbocycles. The number of rotatable bonds is 2. The van der Waals surface area contributed by atoms with Gasteiger partial charge >= 0.3 is 5.97 Å². The van der Waals surface area contributed by atoms with E-state index >= 15 is 0 Å². The molecule has 0 radical (unpaired) electrons. The van der Waals surface area contributed by atoms with Gasteiger partial charge in [-0.3, -0.25) is 4.79 Å². The molecule has 3 rings (SSSR count). The van der Waals surface area contributed by atoms with Crippen LogP contribution in [0.4, 0.5) is 0 Å². The lowest BCUT2D eigenvalue weighted by Crippen LogP contribution is -2.18. The summed E-state index contributed by atoms with van der Waals surface area (Å²) in [6.45, 7) is 0. The molecule has 1 aliphatic carbocycles. The SMILES string of the molecule is O=C(O)c1cn(C2CC2)c2cc(I)ccc2c1=O. The van der Waals surface area contributed by atoms with Crippen LogP contribution in [-0.2, 0) is 0 Å². The zero-order valence-electron chi connectivity index (χ0n) is 9.39. The fourth-order valence-corrected chi connectivity index (χ4v) is 2.60. The summed E-state index contributed by atoms with van der Waals surface area (Å²) in [5.74, 6) is -1.16. The van der Waals surface area contributed by atoms with Gasteiger partial charge < -0.3 is 9.67 Å². The largest absolute Gasteiger partial charge is 0.477 e. The van der Waals surface area contributed by atoms with Crippen LogP contribution >= 0.6 is 22.6 Å². The Kier molecular flexibility index (Phi) is 2.65. The lowest BCUT2D eigenvalue weighted by molar-refractivity contribution is 0.0695. The first kappa shape index (κ1) is 11.7. The Labute approximate surface area is 116 Å². The van der Waals surface area contributed by atoms with Crippen LogP contribution in [0, 0.1) is 3.57 Å². The number of hydrogen-bond donors (Lipinski definition) is 1. The maximum atomic E-state index is 12.1. The molecule has 2 aromatic rings. The van der Waals surface area contributed by atoms with E-state index in [1.165, 1.54) is 6.20 Å². The molecule has 92 valence electrons. The molecule has 1 aliphatic rings. The first-order valence-corrected chi connectivity index (χ1v) is 6.73. The van der Waals surface area contributed by atoms with Crippen molar-refractivity contribution < 1.29 is 9.90 Å². The number of nitrogens with zero attached hydrogens (tertiary/aromatic N) is 1. The monoisotopic (exact) mass is 355 g/mol. The van der Waals surface area contributed by atoms with Crippen LogP contribution in [0.25, 0.3) is 10.9 Å². The summed E-state index contributed by atoms with van der Waals surface area (Å²) in [5.41, 5.74) is 0.292. The zero-order valence-corrected chi connectivity index (χ0v) is 11.5. The molecule has 1 aromatic heterocycles. The number of carboxylic acids is 1. The van der Waals surface area contributed by atoms with Crippen LogP contribution in [0.2, 0.25) is 0 Å². The fraction of sp³-hybridized carbons (Fsp3) is 0.231. The van der Waals surface area contributed by atoms with Crippen LogP contribution in [0.15, 0.2) is 29.2 Å². The van der Waals surface area contributed by atoms with E-state index in [-0.39, 0.29) is 5.56 Å². The van der Waals surface area contributed by atoms with Gasteiger partial charge in [0.1, 0.15) is 5.56 Å². The number of carboxylic acid groups (broad SMARTS) is 1. The highest BCUT2D eigenvalue weighted by Gasteiger charge is 2.26. The number of aromatic carboxylic acids is 1. The number of aromatic nitrogens is 1. The summed E-state index contributed by atoms with van der Waals surface area (Å²) in [6.07, 6.45) is 3.58. The molecule has 0 unspecified atom stereocenters. The average Bonchev–Trinajstić information content (AvgIpc) is 3.13. The normalized spacial score (nSPS) is 14.9. The second-order valence-corrected chi connectivity index (χ2v) is 5.72. The van der Waals surface area contributed by atoms with Gasteiger partial charge in [0.2, 0.25) is 5.43 Å². The fourth-order valence-electron chi connectivity index (χ4n) is 2.13. The number of benzene rings is 1. The van der Waals surface area contributed by atoms with Crippen LogP contribution in [0.1, 0.15) is 29.2 Å². The van der Waals surface area contributed by atoms with Crippen molar-refractivity contribution in [2.75, 3.05) is 0 Å². The molecule has 0 bridgehead atoms. The van der Waals surface area contributed by atoms with Gasteiger partial charge in [-0.1, -0.05) is 0 Å². The molecule has 1 aromatic carbocycles. The van der Waals surface area contributed by atoms with Gasteiger partial charge in [-0.2, -0.15) is 0 Å². The molecule has 1 heterocycles. The van der Waals surface area contributed by atoms with Crippen LogP contribution in [-0.4, -0.2) is 15.6 Å². The molecular weight excluding hydrogens is 345 g/mol. The molecule has 1 N–H and O–H groups in total. The van der Waals surface area contributed by atoms with E-state index in [4.69, 9.17) is 5.11 Å². The minimum atomic E-state index is -1.16. The zero-order chi connectivity index (χ0) is 12.9. The minimum Gasteiger partial charge on any atom is -0.477 e. The summed E-state index contributed by atoms with van der Waals surface area (Å²) < 4.78 is 2.97. The van der Waals surface area contributed by atoms with E-state index in [1.807, 2.05) is 16.7 Å². The maximum absolute atomic E-state index is 12.1. The Morgan fingerprint density at radius 1 is 1.39 bits per heavy atom. The van der Waals surface area contributed by atoms with Crippen molar-refractivity contribution in [2.24, 2.45) is 0 Å². The second-order valence-electron chi connectivity index (χ2n) is 4.48. The van der Waals surface area contributed by atoms with Crippen molar-refractivity contribution >= 4 is 39.5 Å². The quantitative estimate of drug-likeness (QED) is 0.843. The first-order chi connectivity index (χ1) is 8.58. The van der Waals surface area contributed by atoms with E-state index < -0.39 is 11.4 Å². The van der Waals surface area contributed by atoms with Crippen molar-refractivity contribution in [1.82, 2.24) is 4.57 Å². The Morgan fingerprint density at radius 3 is 2.72 bits per heavy atom. The van der Waals surface area contributed by atoms with Gasteiger partial charge in [0.05, 0.1) is 5.52 Å².